The summed E-state index contributed by atoms with van der Waals surface area (Å²) in [4.78, 5) is 3.96. The summed E-state index contributed by atoms with van der Waals surface area (Å²) >= 11 is 0. The van der Waals surface area contributed by atoms with Crippen LogP contribution in [0.15, 0.2) is 0 Å². The number of anilines is 1. The number of nitrogens with two attached hydrogens (primary N) is 1. The van der Waals surface area contributed by atoms with Gasteiger partial charge in [-0.15, -0.1) is 0 Å². The lowest BCUT2D eigenvalue weighted by Crippen LogP contribution is -2.07. The van der Waals surface area contributed by atoms with Gasteiger partial charge in [-0.3, -0.25) is 0 Å². The van der Waals surface area contributed by atoms with Crippen molar-refractivity contribution in [2.45, 2.75) is 26.8 Å². The van der Waals surface area contributed by atoms with Crippen LogP contribution in [0.2, 0.25) is 0 Å². The minimum Gasteiger partial charge on any atom is -0.368 e. The smallest absolute Gasteiger partial charge is 0.218 e. The second kappa shape index (κ2) is 2.28. The molecule has 0 saturated carbocycles. The van der Waals surface area contributed by atoms with Crippen LogP contribution in [-0.4, -0.2) is 14.8 Å². The van der Waals surface area contributed by atoms with Crippen molar-refractivity contribution in [2.24, 2.45) is 0 Å². The molecule has 0 atom stereocenters. The quantitative estimate of drug-likeness (QED) is 0.626. The first-order chi connectivity index (χ1) is 4.61. The Balaban J connectivity index is 3.03. The van der Waals surface area contributed by atoms with Crippen LogP contribution >= 0.6 is 0 Å². The average Bonchev–Trinajstić information content (AvgIpc) is 2.10. The molecule has 0 saturated heterocycles. The molecule has 1 rings (SSSR count). The van der Waals surface area contributed by atoms with Crippen LogP contribution in [-0.2, 0) is 0 Å². The maximum Gasteiger partial charge on any atom is 0.218 e. The van der Waals surface area contributed by atoms with Crippen LogP contribution < -0.4 is 5.73 Å². The Morgan fingerprint density at radius 1 is 1.50 bits per heavy atom. The van der Waals surface area contributed by atoms with Crippen molar-refractivity contribution in [3.63, 3.8) is 0 Å². The molecule has 1 aromatic rings. The van der Waals surface area contributed by atoms with Gasteiger partial charge >= 0.3 is 0 Å². The standard InChI is InChI=1S/C6H12N4/c1-4(2)10-6(7)8-5(3)9-10/h4H,1-3H3,(H2,7,8,9). The first kappa shape index (κ1) is 7.05. The van der Waals surface area contributed by atoms with E-state index in [2.05, 4.69) is 10.1 Å². The van der Waals surface area contributed by atoms with Crippen LogP contribution in [0.5, 0.6) is 0 Å². The highest BCUT2D eigenvalue weighted by atomic mass is 15.4. The van der Waals surface area contributed by atoms with Gasteiger partial charge in [-0.25, -0.2) is 4.68 Å². The summed E-state index contributed by atoms with van der Waals surface area (Å²) in [6, 6.07) is 0.293. The van der Waals surface area contributed by atoms with E-state index in [9.17, 15) is 0 Å². The molecule has 1 aromatic heterocycles. The number of aromatic nitrogens is 3. The first-order valence-corrected chi connectivity index (χ1v) is 3.30. The Kier molecular flexibility index (Phi) is 1.61. The van der Waals surface area contributed by atoms with Crippen LogP contribution in [0.25, 0.3) is 0 Å². The minimum atomic E-state index is 0.293. The zero-order valence-corrected chi connectivity index (χ0v) is 6.50. The van der Waals surface area contributed by atoms with Crippen molar-refractivity contribution < 1.29 is 0 Å². The molecule has 56 valence electrons. The van der Waals surface area contributed by atoms with Crippen molar-refractivity contribution in [3.05, 3.63) is 5.82 Å². The summed E-state index contributed by atoms with van der Waals surface area (Å²) in [6.45, 7) is 5.87. The highest BCUT2D eigenvalue weighted by Crippen LogP contribution is 2.07. The van der Waals surface area contributed by atoms with E-state index in [0.29, 0.717) is 12.0 Å². The van der Waals surface area contributed by atoms with Crippen molar-refractivity contribution in [1.29, 1.82) is 0 Å². The van der Waals surface area contributed by atoms with E-state index in [1.165, 1.54) is 0 Å². The lowest BCUT2D eigenvalue weighted by Gasteiger charge is -2.04. The van der Waals surface area contributed by atoms with Gasteiger partial charge in [0.2, 0.25) is 5.95 Å². The second-order valence-corrected chi connectivity index (χ2v) is 2.56. The third-order valence-electron chi connectivity index (χ3n) is 1.25. The Morgan fingerprint density at radius 3 is 2.30 bits per heavy atom. The Bertz CT molecular complexity index is 226. The summed E-state index contributed by atoms with van der Waals surface area (Å²) in [5, 5.41) is 4.09. The highest BCUT2D eigenvalue weighted by Gasteiger charge is 2.04. The molecule has 0 fully saturated rings. The highest BCUT2D eigenvalue weighted by molar-refractivity contribution is 5.16. The predicted octanol–water partition coefficient (Wildman–Crippen LogP) is 0.750. The number of nitrogen functional groups attached to an aromatic ring is 1. The second-order valence-electron chi connectivity index (χ2n) is 2.56. The number of hydrogen-bond acceptors (Lipinski definition) is 3. The van der Waals surface area contributed by atoms with Gasteiger partial charge in [0.25, 0.3) is 0 Å². The molecule has 0 amide bonds. The monoisotopic (exact) mass is 140 g/mol. The van der Waals surface area contributed by atoms with Crippen LogP contribution in [0, 0.1) is 6.92 Å². The van der Waals surface area contributed by atoms with Gasteiger partial charge < -0.3 is 5.73 Å². The maximum atomic E-state index is 5.53. The molecule has 4 heteroatoms. The average molecular weight is 140 g/mol. The van der Waals surface area contributed by atoms with Crippen LogP contribution in [0.1, 0.15) is 25.7 Å². The lowest BCUT2D eigenvalue weighted by atomic mass is 10.4. The molecule has 2 N–H and O–H groups in total. The van der Waals surface area contributed by atoms with Crippen LogP contribution in [0.3, 0.4) is 0 Å². The molecule has 0 radical (unpaired) electrons. The zero-order chi connectivity index (χ0) is 7.72. The fourth-order valence-corrected chi connectivity index (χ4v) is 0.827. The molecule has 0 bridgehead atoms. The Morgan fingerprint density at radius 2 is 2.10 bits per heavy atom. The fraction of sp³-hybridized carbons (Fsp3) is 0.667. The summed E-state index contributed by atoms with van der Waals surface area (Å²) in [6.07, 6.45) is 0. The van der Waals surface area contributed by atoms with Crippen molar-refractivity contribution >= 4 is 5.95 Å². The molecule has 0 aromatic carbocycles. The van der Waals surface area contributed by atoms with Gasteiger partial charge in [0.05, 0.1) is 6.04 Å². The lowest BCUT2D eigenvalue weighted by molar-refractivity contribution is 0.536. The third-order valence-corrected chi connectivity index (χ3v) is 1.25. The van der Waals surface area contributed by atoms with E-state index in [4.69, 9.17) is 5.73 Å². The molecule has 4 nitrogen and oxygen atoms in total. The molecule has 0 aliphatic carbocycles. The van der Waals surface area contributed by atoms with Crippen molar-refractivity contribution in [2.75, 3.05) is 5.73 Å². The van der Waals surface area contributed by atoms with E-state index in [-0.39, 0.29) is 0 Å². The summed E-state index contributed by atoms with van der Waals surface area (Å²) < 4.78 is 1.70. The molecule has 0 spiro atoms. The van der Waals surface area contributed by atoms with E-state index < -0.39 is 0 Å². The molecule has 10 heavy (non-hydrogen) atoms. The predicted molar refractivity (Wildman–Crippen MR) is 39.6 cm³/mol. The fourth-order valence-electron chi connectivity index (χ4n) is 0.827. The zero-order valence-electron chi connectivity index (χ0n) is 6.50. The molecule has 0 aliphatic heterocycles. The SMILES string of the molecule is Cc1nc(N)n(C(C)C)n1. The Labute approximate surface area is 60.1 Å². The molecule has 1 heterocycles. The summed E-state index contributed by atoms with van der Waals surface area (Å²) in [5.74, 6) is 1.22. The maximum absolute atomic E-state index is 5.53. The summed E-state index contributed by atoms with van der Waals surface area (Å²) in [5.41, 5.74) is 5.53. The van der Waals surface area contributed by atoms with Gasteiger partial charge in [-0.05, 0) is 20.8 Å². The summed E-state index contributed by atoms with van der Waals surface area (Å²) in [7, 11) is 0. The number of nitrogens with zero attached hydrogens (tertiary/aromatic N) is 3. The van der Waals surface area contributed by atoms with E-state index in [0.717, 1.165) is 5.82 Å². The number of aryl methyl sites for hydroxylation is 1. The van der Waals surface area contributed by atoms with Crippen molar-refractivity contribution in [3.8, 4) is 0 Å². The van der Waals surface area contributed by atoms with E-state index in [1.54, 1.807) is 4.68 Å². The van der Waals surface area contributed by atoms with Gasteiger partial charge in [-0.2, -0.15) is 10.1 Å². The number of hydrogen-bond donors (Lipinski definition) is 1. The number of rotatable bonds is 1. The normalized spacial score (nSPS) is 10.8. The Hall–Kier alpha value is -1.06. The van der Waals surface area contributed by atoms with Gasteiger partial charge in [0, 0.05) is 0 Å². The topological polar surface area (TPSA) is 56.7 Å². The largest absolute Gasteiger partial charge is 0.368 e. The van der Waals surface area contributed by atoms with E-state index >= 15 is 0 Å². The molecule has 0 unspecified atom stereocenters. The molecular formula is C6H12N4. The van der Waals surface area contributed by atoms with E-state index in [1.807, 2.05) is 20.8 Å². The van der Waals surface area contributed by atoms with Crippen molar-refractivity contribution in [1.82, 2.24) is 14.8 Å². The molecular weight excluding hydrogens is 128 g/mol. The van der Waals surface area contributed by atoms with Crippen LogP contribution in [0.4, 0.5) is 5.95 Å². The van der Waals surface area contributed by atoms with Gasteiger partial charge in [-0.1, -0.05) is 0 Å². The minimum absolute atomic E-state index is 0.293. The molecule has 0 aliphatic rings. The first-order valence-electron chi connectivity index (χ1n) is 3.30. The van der Waals surface area contributed by atoms with Gasteiger partial charge in [0.15, 0.2) is 0 Å². The van der Waals surface area contributed by atoms with Gasteiger partial charge in [0.1, 0.15) is 5.82 Å². The third kappa shape index (κ3) is 1.10.